The van der Waals surface area contributed by atoms with Crippen LogP contribution >= 0.6 is 0 Å². The standard InChI is InChI=1S/C25H25N5O3/c1-30-10-9-25(32,24(30)31)8-5-16-3-2-4-18(13-16)20-14-19(17-6-11-33-12-7-17)21-22(29-20)23(26)28-15-27-21/h2-4,13-15,17,32H,6-7,9-12H2,1H3,(H2,26,27,28). The topological polar surface area (TPSA) is 114 Å². The van der Waals surface area contributed by atoms with Crippen LogP contribution in [0, 0.1) is 11.8 Å². The molecule has 5 rings (SSSR count). The summed E-state index contributed by atoms with van der Waals surface area (Å²) in [6, 6.07) is 9.66. The third-order valence-electron chi connectivity index (χ3n) is 6.39. The molecule has 0 saturated carbocycles. The first-order chi connectivity index (χ1) is 15.9. The molecule has 2 aromatic heterocycles. The average Bonchev–Trinajstić information content (AvgIpc) is 3.11. The van der Waals surface area contributed by atoms with Crippen LogP contribution in [0.5, 0.6) is 0 Å². The number of likely N-dealkylation sites (N-methyl/N-ethyl adjacent to an activating group) is 1. The molecule has 0 radical (unpaired) electrons. The Balaban J connectivity index is 1.56. The van der Waals surface area contributed by atoms with Crippen molar-refractivity contribution in [1.82, 2.24) is 19.9 Å². The number of nitrogen functional groups attached to an aromatic ring is 1. The number of hydrogen-bond donors (Lipinski definition) is 2. The smallest absolute Gasteiger partial charge is 0.267 e. The molecule has 2 fully saturated rings. The summed E-state index contributed by atoms with van der Waals surface area (Å²) in [5.74, 6) is 6.04. The number of carbonyl (C=O) groups is 1. The fourth-order valence-electron chi connectivity index (χ4n) is 4.45. The number of amides is 1. The Kier molecular flexibility index (Phi) is 5.44. The first kappa shape index (κ1) is 21.3. The molecule has 33 heavy (non-hydrogen) atoms. The van der Waals surface area contributed by atoms with E-state index in [1.807, 2.05) is 24.3 Å². The fraction of sp³-hybridized carbons (Fsp3) is 0.360. The molecule has 1 atom stereocenters. The molecule has 168 valence electrons. The normalized spacial score (nSPS) is 21.3. The van der Waals surface area contributed by atoms with E-state index < -0.39 is 5.60 Å². The van der Waals surface area contributed by atoms with Crippen molar-refractivity contribution in [3.8, 4) is 23.1 Å². The number of carbonyl (C=O) groups excluding carboxylic acids is 1. The number of aromatic nitrogens is 3. The number of ether oxygens (including phenoxy) is 1. The number of fused-ring (bicyclic) bond motifs is 1. The number of rotatable bonds is 2. The lowest BCUT2D eigenvalue weighted by Gasteiger charge is -2.23. The van der Waals surface area contributed by atoms with Crippen LogP contribution in [-0.4, -0.2) is 63.3 Å². The third kappa shape index (κ3) is 4.01. The van der Waals surface area contributed by atoms with Crippen LogP contribution in [0.15, 0.2) is 36.7 Å². The number of benzene rings is 1. The average molecular weight is 444 g/mol. The summed E-state index contributed by atoms with van der Waals surface area (Å²) < 4.78 is 5.54. The van der Waals surface area contributed by atoms with Crippen LogP contribution in [0.25, 0.3) is 22.3 Å². The van der Waals surface area contributed by atoms with Gasteiger partial charge in [0.05, 0.1) is 11.2 Å². The fourth-order valence-corrected chi connectivity index (χ4v) is 4.45. The monoisotopic (exact) mass is 443 g/mol. The van der Waals surface area contributed by atoms with Gasteiger partial charge in [0.1, 0.15) is 11.8 Å². The number of aliphatic hydroxyl groups is 1. The number of anilines is 1. The molecular formula is C25H25N5O3. The molecule has 2 aliphatic heterocycles. The lowest BCUT2D eigenvalue weighted by atomic mass is 9.90. The summed E-state index contributed by atoms with van der Waals surface area (Å²) in [7, 11) is 1.67. The molecule has 3 aromatic rings. The molecule has 1 amide bonds. The zero-order valence-electron chi connectivity index (χ0n) is 18.4. The van der Waals surface area contributed by atoms with Crippen molar-refractivity contribution in [3.63, 3.8) is 0 Å². The van der Waals surface area contributed by atoms with Crippen LogP contribution < -0.4 is 5.73 Å². The quantitative estimate of drug-likeness (QED) is 0.583. The highest BCUT2D eigenvalue weighted by Gasteiger charge is 2.42. The summed E-state index contributed by atoms with van der Waals surface area (Å²) in [4.78, 5) is 27.1. The van der Waals surface area contributed by atoms with Gasteiger partial charge < -0.3 is 20.5 Å². The second kappa shape index (κ2) is 8.43. The minimum atomic E-state index is -1.63. The molecule has 0 aliphatic carbocycles. The Bertz CT molecular complexity index is 1290. The molecule has 0 spiro atoms. The maximum Gasteiger partial charge on any atom is 0.267 e. The van der Waals surface area contributed by atoms with Crippen molar-refractivity contribution in [3.05, 3.63) is 47.8 Å². The largest absolute Gasteiger partial charge is 0.382 e. The first-order valence-electron chi connectivity index (χ1n) is 11.0. The molecule has 0 bridgehead atoms. The van der Waals surface area contributed by atoms with Crippen LogP contribution in [0.2, 0.25) is 0 Å². The van der Waals surface area contributed by atoms with Gasteiger partial charge in [-0.15, -0.1) is 0 Å². The molecule has 3 N–H and O–H groups in total. The highest BCUT2D eigenvalue weighted by Crippen LogP contribution is 2.35. The van der Waals surface area contributed by atoms with Gasteiger partial charge in [0.25, 0.3) is 5.91 Å². The van der Waals surface area contributed by atoms with Crippen molar-refractivity contribution in [2.24, 2.45) is 0 Å². The predicted molar refractivity (Wildman–Crippen MR) is 124 cm³/mol. The SMILES string of the molecule is CN1CCC(O)(C#Cc2cccc(-c3cc(C4CCOCC4)c4ncnc(N)c4n3)c2)C1=O. The van der Waals surface area contributed by atoms with E-state index in [0.717, 1.165) is 35.2 Å². The molecule has 4 heterocycles. The Morgan fingerprint density at radius 3 is 2.79 bits per heavy atom. The Hall–Kier alpha value is -3.54. The van der Waals surface area contributed by atoms with Crippen LogP contribution in [0.4, 0.5) is 5.82 Å². The number of nitrogens with two attached hydrogens (primary N) is 1. The number of hydrogen-bond acceptors (Lipinski definition) is 7. The van der Waals surface area contributed by atoms with E-state index in [-0.39, 0.29) is 5.91 Å². The lowest BCUT2D eigenvalue weighted by molar-refractivity contribution is -0.137. The molecule has 2 aliphatic rings. The maximum absolute atomic E-state index is 12.2. The van der Waals surface area contributed by atoms with Crippen LogP contribution in [-0.2, 0) is 9.53 Å². The van der Waals surface area contributed by atoms with Crippen molar-refractivity contribution >= 4 is 22.8 Å². The van der Waals surface area contributed by atoms with Crippen molar-refractivity contribution in [2.45, 2.75) is 30.8 Å². The van der Waals surface area contributed by atoms with E-state index in [2.05, 4.69) is 27.9 Å². The van der Waals surface area contributed by atoms with Crippen molar-refractivity contribution in [1.29, 1.82) is 0 Å². The zero-order valence-corrected chi connectivity index (χ0v) is 18.4. The molecule has 2 saturated heterocycles. The van der Waals surface area contributed by atoms with Crippen LogP contribution in [0.3, 0.4) is 0 Å². The highest BCUT2D eigenvalue weighted by atomic mass is 16.5. The van der Waals surface area contributed by atoms with Gasteiger partial charge in [0.2, 0.25) is 5.60 Å². The van der Waals surface area contributed by atoms with E-state index in [1.165, 1.54) is 11.2 Å². The molecule has 8 heteroatoms. The molecule has 1 aromatic carbocycles. The lowest BCUT2D eigenvalue weighted by Crippen LogP contribution is -2.37. The van der Waals surface area contributed by atoms with Gasteiger partial charge >= 0.3 is 0 Å². The highest BCUT2D eigenvalue weighted by molar-refractivity contribution is 5.91. The van der Waals surface area contributed by atoms with Gasteiger partial charge in [-0.2, -0.15) is 0 Å². The van der Waals surface area contributed by atoms with Gasteiger partial charge in [0, 0.05) is 44.4 Å². The van der Waals surface area contributed by atoms with Gasteiger partial charge in [-0.3, -0.25) is 4.79 Å². The number of pyridine rings is 1. The van der Waals surface area contributed by atoms with Gasteiger partial charge in [-0.25, -0.2) is 15.0 Å². The van der Waals surface area contributed by atoms with E-state index >= 15 is 0 Å². The Morgan fingerprint density at radius 2 is 2.03 bits per heavy atom. The molecule has 1 unspecified atom stereocenters. The minimum Gasteiger partial charge on any atom is -0.382 e. The molecular weight excluding hydrogens is 418 g/mol. The van der Waals surface area contributed by atoms with Crippen molar-refractivity contribution < 1.29 is 14.6 Å². The van der Waals surface area contributed by atoms with E-state index in [1.54, 1.807) is 7.05 Å². The third-order valence-corrected chi connectivity index (χ3v) is 6.39. The summed E-state index contributed by atoms with van der Waals surface area (Å²) in [5.41, 5.74) is 9.30. The Morgan fingerprint density at radius 1 is 1.21 bits per heavy atom. The van der Waals surface area contributed by atoms with Gasteiger partial charge in [0.15, 0.2) is 5.82 Å². The van der Waals surface area contributed by atoms with Crippen LogP contribution in [0.1, 0.15) is 36.3 Å². The summed E-state index contributed by atoms with van der Waals surface area (Å²) in [6.07, 6.45) is 3.60. The predicted octanol–water partition coefficient (Wildman–Crippen LogP) is 2.11. The zero-order chi connectivity index (χ0) is 23.0. The van der Waals surface area contributed by atoms with E-state index in [9.17, 15) is 9.90 Å². The first-order valence-corrected chi connectivity index (χ1v) is 11.0. The van der Waals surface area contributed by atoms with E-state index in [4.69, 9.17) is 15.5 Å². The molecule has 8 nitrogen and oxygen atoms in total. The van der Waals surface area contributed by atoms with Gasteiger partial charge in [-0.05, 0) is 42.5 Å². The second-order valence-corrected chi connectivity index (χ2v) is 8.61. The summed E-state index contributed by atoms with van der Waals surface area (Å²) in [5, 5.41) is 10.6. The second-order valence-electron chi connectivity index (χ2n) is 8.61. The van der Waals surface area contributed by atoms with E-state index in [0.29, 0.717) is 49.0 Å². The van der Waals surface area contributed by atoms with Crippen molar-refractivity contribution in [2.75, 3.05) is 32.5 Å². The maximum atomic E-state index is 12.2. The minimum absolute atomic E-state index is 0.301. The summed E-state index contributed by atoms with van der Waals surface area (Å²) >= 11 is 0. The van der Waals surface area contributed by atoms with Gasteiger partial charge in [-0.1, -0.05) is 24.0 Å². The summed E-state index contributed by atoms with van der Waals surface area (Å²) in [6.45, 7) is 1.92. The Labute approximate surface area is 191 Å². The number of nitrogens with zero attached hydrogens (tertiary/aromatic N) is 4. The number of likely N-dealkylation sites (tertiary alicyclic amines) is 1.